The van der Waals surface area contributed by atoms with Gasteiger partial charge in [-0.3, -0.25) is 9.48 Å². The first-order valence-corrected chi connectivity index (χ1v) is 5.95. The summed E-state index contributed by atoms with van der Waals surface area (Å²) in [5.74, 6) is -0.852. The number of nitrogens with zero attached hydrogens (tertiary/aromatic N) is 2. The summed E-state index contributed by atoms with van der Waals surface area (Å²) in [6, 6.07) is 0. The minimum atomic E-state index is -0.929. The molecule has 0 aliphatic heterocycles. The summed E-state index contributed by atoms with van der Waals surface area (Å²) in [7, 11) is 0. The van der Waals surface area contributed by atoms with E-state index >= 15 is 0 Å². The molecule has 1 aromatic heterocycles. The van der Waals surface area contributed by atoms with E-state index in [1.807, 2.05) is 13.8 Å². The molecule has 0 aliphatic rings. The van der Waals surface area contributed by atoms with Crippen LogP contribution in [0.15, 0.2) is 6.20 Å². The van der Waals surface area contributed by atoms with E-state index in [0.29, 0.717) is 24.5 Å². The Morgan fingerprint density at radius 1 is 1.71 bits per heavy atom. The zero-order valence-electron chi connectivity index (χ0n) is 10.3. The van der Waals surface area contributed by atoms with E-state index in [2.05, 4.69) is 10.4 Å². The van der Waals surface area contributed by atoms with Crippen LogP contribution in [0.3, 0.4) is 0 Å². The molecule has 1 atom stereocenters. The van der Waals surface area contributed by atoms with Gasteiger partial charge in [-0.1, -0.05) is 18.5 Å². The van der Waals surface area contributed by atoms with Crippen molar-refractivity contribution in [2.75, 3.05) is 6.54 Å². The van der Waals surface area contributed by atoms with Gasteiger partial charge in [0.05, 0.1) is 10.7 Å². The van der Waals surface area contributed by atoms with Crippen LogP contribution < -0.4 is 5.32 Å². The molecule has 1 aromatic rings. The SMILES string of the molecule is CCNC(C)(CCn1cc(Cl)c(C)n1)C(=O)O. The van der Waals surface area contributed by atoms with Gasteiger partial charge in [-0.15, -0.1) is 0 Å². The van der Waals surface area contributed by atoms with Crippen LogP contribution in [0.25, 0.3) is 0 Å². The van der Waals surface area contributed by atoms with Crippen molar-refractivity contribution in [2.45, 2.75) is 39.3 Å². The Bertz CT molecular complexity index is 386. The second-order valence-electron chi connectivity index (χ2n) is 4.24. The van der Waals surface area contributed by atoms with Gasteiger partial charge in [0.1, 0.15) is 5.54 Å². The molecule has 1 unspecified atom stereocenters. The molecule has 1 rings (SSSR count). The van der Waals surface area contributed by atoms with Crippen LogP contribution in [0.4, 0.5) is 0 Å². The van der Waals surface area contributed by atoms with Crippen molar-refractivity contribution >= 4 is 17.6 Å². The minimum absolute atomic E-state index is 0.452. The fourth-order valence-electron chi connectivity index (χ4n) is 1.61. The topological polar surface area (TPSA) is 67.2 Å². The highest BCUT2D eigenvalue weighted by Gasteiger charge is 2.31. The number of hydrogen-bond donors (Lipinski definition) is 2. The van der Waals surface area contributed by atoms with Crippen LogP contribution in [0, 0.1) is 6.92 Å². The maximum absolute atomic E-state index is 11.2. The number of nitrogens with one attached hydrogen (secondary N) is 1. The lowest BCUT2D eigenvalue weighted by atomic mass is 9.98. The zero-order valence-corrected chi connectivity index (χ0v) is 11.1. The summed E-state index contributed by atoms with van der Waals surface area (Å²) in [6.07, 6.45) is 2.17. The van der Waals surface area contributed by atoms with Crippen LogP contribution in [0.5, 0.6) is 0 Å². The fraction of sp³-hybridized carbons (Fsp3) is 0.636. The molecule has 1 heterocycles. The molecular weight excluding hydrogens is 242 g/mol. The number of carboxylic acid groups (broad SMARTS) is 1. The molecule has 0 aliphatic carbocycles. The van der Waals surface area contributed by atoms with Crippen molar-refractivity contribution in [3.8, 4) is 0 Å². The number of rotatable bonds is 6. The van der Waals surface area contributed by atoms with Gasteiger partial charge in [0.15, 0.2) is 0 Å². The van der Waals surface area contributed by atoms with Gasteiger partial charge >= 0.3 is 5.97 Å². The highest BCUT2D eigenvalue weighted by Crippen LogP contribution is 2.15. The Morgan fingerprint density at radius 3 is 2.76 bits per heavy atom. The molecule has 0 radical (unpaired) electrons. The fourth-order valence-corrected chi connectivity index (χ4v) is 1.76. The molecule has 6 heteroatoms. The summed E-state index contributed by atoms with van der Waals surface area (Å²) in [5.41, 5.74) is -0.173. The van der Waals surface area contributed by atoms with Gasteiger partial charge < -0.3 is 10.4 Å². The zero-order chi connectivity index (χ0) is 13.1. The third-order valence-electron chi connectivity index (χ3n) is 2.77. The van der Waals surface area contributed by atoms with E-state index in [9.17, 15) is 9.90 Å². The second-order valence-corrected chi connectivity index (χ2v) is 4.65. The van der Waals surface area contributed by atoms with E-state index in [1.165, 1.54) is 0 Å². The Kier molecular flexibility index (Phi) is 4.54. The van der Waals surface area contributed by atoms with Gasteiger partial charge in [0.25, 0.3) is 0 Å². The lowest BCUT2D eigenvalue weighted by Crippen LogP contribution is -2.50. The monoisotopic (exact) mass is 259 g/mol. The third kappa shape index (κ3) is 3.44. The number of carboxylic acids is 1. The lowest BCUT2D eigenvalue weighted by molar-refractivity contribution is -0.144. The number of carbonyl (C=O) groups is 1. The summed E-state index contributed by atoms with van der Waals surface area (Å²) < 4.78 is 1.68. The van der Waals surface area contributed by atoms with Crippen molar-refractivity contribution in [1.82, 2.24) is 15.1 Å². The van der Waals surface area contributed by atoms with E-state index in [0.717, 1.165) is 5.69 Å². The molecule has 0 saturated carbocycles. The summed E-state index contributed by atoms with van der Waals surface area (Å²) in [6.45, 7) is 6.51. The molecule has 0 saturated heterocycles. The molecular formula is C11H18ClN3O2. The third-order valence-corrected chi connectivity index (χ3v) is 3.14. The number of aromatic nitrogens is 2. The van der Waals surface area contributed by atoms with Gasteiger partial charge in [0, 0.05) is 12.7 Å². The van der Waals surface area contributed by atoms with E-state index in [1.54, 1.807) is 17.8 Å². The van der Waals surface area contributed by atoms with Crippen molar-refractivity contribution in [3.05, 3.63) is 16.9 Å². The maximum atomic E-state index is 11.2. The van der Waals surface area contributed by atoms with E-state index < -0.39 is 11.5 Å². The first-order chi connectivity index (χ1) is 7.89. The second kappa shape index (κ2) is 5.51. The van der Waals surface area contributed by atoms with Crippen LogP contribution in [0.1, 0.15) is 26.0 Å². The van der Waals surface area contributed by atoms with Crippen LogP contribution in [-0.2, 0) is 11.3 Å². The smallest absolute Gasteiger partial charge is 0.323 e. The van der Waals surface area contributed by atoms with Crippen LogP contribution >= 0.6 is 11.6 Å². The normalized spacial score (nSPS) is 14.6. The summed E-state index contributed by atoms with van der Waals surface area (Å²) in [4.78, 5) is 11.2. The standard InChI is InChI=1S/C11H18ClN3O2/c1-4-13-11(3,10(16)17)5-6-15-7-9(12)8(2)14-15/h7,13H,4-6H2,1-3H3,(H,16,17). The average Bonchev–Trinajstić information content (AvgIpc) is 2.56. The highest BCUT2D eigenvalue weighted by molar-refractivity contribution is 6.31. The molecule has 0 fully saturated rings. The Balaban J connectivity index is 2.67. The molecule has 0 bridgehead atoms. The molecule has 0 spiro atoms. The number of halogens is 1. The van der Waals surface area contributed by atoms with Crippen LogP contribution in [-0.4, -0.2) is 32.9 Å². The predicted octanol–water partition coefficient (Wildman–Crippen LogP) is 1.69. The number of aliphatic carboxylic acids is 1. The van der Waals surface area contributed by atoms with Crippen LogP contribution in [0.2, 0.25) is 5.02 Å². The molecule has 96 valence electrons. The van der Waals surface area contributed by atoms with Gasteiger partial charge in [0.2, 0.25) is 0 Å². The maximum Gasteiger partial charge on any atom is 0.323 e. The molecule has 2 N–H and O–H groups in total. The Labute approximate surface area is 106 Å². The molecule has 0 aromatic carbocycles. The minimum Gasteiger partial charge on any atom is -0.480 e. The predicted molar refractivity (Wildman–Crippen MR) is 66.3 cm³/mol. The number of hydrogen-bond acceptors (Lipinski definition) is 3. The van der Waals surface area contributed by atoms with Crippen molar-refractivity contribution < 1.29 is 9.90 Å². The number of likely N-dealkylation sites (N-methyl/N-ethyl adjacent to an activating group) is 1. The Hall–Kier alpha value is -1.07. The summed E-state index contributed by atoms with van der Waals surface area (Å²) >= 11 is 5.89. The molecule has 0 amide bonds. The van der Waals surface area contributed by atoms with Gasteiger partial charge in [-0.2, -0.15) is 5.10 Å². The first-order valence-electron chi connectivity index (χ1n) is 5.57. The van der Waals surface area contributed by atoms with Crippen molar-refractivity contribution in [1.29, 1.82) is 0 Å². The van der Waals surface area contributed by atoms with Gasteiger partial charge in [-0.05, 0) is 26.8 Å². The Morgan fingerprint density at radius 2 is 2.35 bits per heavy atom. The number of aryl methyl sites for hydroxylation is 2. The molecule has 5 nitrogen and oxygen atoms in total. The largest absolute Gasteiger partial charge is 0.480 e. The highest BCUT2D eigenvalue weighted by atomic mass is 35.5. The molecule has 17 heavy (non-hydrogen) atoms. The summed E-state index contributed by atoms with van der Waals surface area (Å²) in [5, 5.41) is 17.0. The lowest BCUT2D eigenvalue weighted by Gasteiger charge is -2.25. The quantitative estimate of drug-likeness (QED) is 0.816. The first kappa shape index (κ1) is 14.0. The van der Waals surface area contributed by atoms with Crippen molar-refractivity contribution in [2.24, 2.45) is 0 Å². The van der Waals surface area contributed by atoms with Crippen molar-refractivity contribution in [3.63, 3.8) is 0 Å². The average molecular weight is 260 g/mol. The van der Waals surface area contributed by atoms with Gasteiger partial charge in [-0.25, -0.2) is 0 Å². The van der Waals surface area contributed by atoms with E-state index in [4.69, 9.17) is 11.6 Å². The van der Waals surface area contributed by atoms with E-state index in [-0.39, 0.29) is 0 Å².